The van der Waals surface area contributed by atoms with E-state index in [9.17, 15) is 9.59 Å². The molecule has 0 saturated carbocycles. The van der Waals surface area contributed by atoms with Crippen molar-refractivity contribution in [2.45, 2.75) is 27.7 Å². The third-order valence-electron chi connectivity index (χ3n) is 5.55. The molecule has 0 aliphatic rings. The number of nitrogens with zero attached hydrogens (tertiary/aromatic N) is 2. The molecule has 12 heteroatoms. The van der Waals surface area contributed by atoms with Gasteiger partial charge in [0.1, 0.15) is 11.7 Å². The van der Waals surface area contributed by atoms with Gasteiger partial charge in [-0.1, -0.05) is 0 Å². The van der Waals surface area contributed by atoms with Gasteiger partial charge in [0.2, 0.25) is 0 Å². The normalized spacial score (nSPS) is 10.9. The van der Waals surface area contributed by atoms with E-state index in [1.807, 2.05) is 76.2 Å². The van der Waals surface area contributed by atoms with Crippen LogP contribution in [0.5, 0.6) is 0 Å². The standard InChI is InChI=1S/C30H38N8O2.2ClH/c1-5-31-27(32-6-2)21-9-13-23(14-10-21)35-29(39)37-25-17-19-26(20-18-25)38-30(40)36-24-15-11-22(12-16-24)28(33-7-3)34-8-4;;/h9-20H,5-8H2,1-4H3,(H,31,32)(H,33,34)(H2,35,37,39)(H2,36,38,40);2*1H. The summed E-state index contributed by atoms with van der Waals surface area (Å²) in [6, 6.07) is 21.1. The van der Waals surface area contributed by atoms with Crippen molar-refractivity contribution in [3.63, 3.8) is 0 Å². The molecule has 10 nitrogen and oxygen atoms in total. The maximum Gasteiger partial charge on any atom is 0.323 e. The maximum absolute atomic E-state index is 12.5. The van der Waals surface area contributed by atoms with Gasteiger partial charge >= 0.3 is 12.1 Å². The molecule has 3 aromatic rings. The van der Waals surface area contributed by atoms with Crippen molar-refractivity contribution in [1.29, 1.82) is 0 Å². The summed E-state index contributed by atoms with van der Waals surface area (Å²) in [5.74, 6) is 1.66. The molecule has 0 saturated heterocycles. The Morgan fingerprint density at radius 3 is 1.00 bits per heavy atom. The van der Waals surface area contributed by atoms with E-state index in [-0.39, 0.29) is 36.9 Å². The van der Waals surface area contributed by atoms with E-state index in [4.69, 9.17) is 0 Å². The summed E-state index contributed by atoms with van der Waals surface area (Å²) in [5.41, 5.74) is 4.41. The molecule has 0 heterocycles. The molecule has 0 spiro atoms. The SMILES string of the molecule is CCN=C(NCC)c1ccc(NC(=O)Nc2ccc(NC(=O)Nc3ccc(C(=NCC)NCC)cc3)cc2)cc1.Cl.Cl. The average molecular weight is 616 g/mol. The molecule has 0 aliphatic carbocycles. The number of rotatable bonds is 10. The molecule has 3 aromatic carbocycles. The Kier molecular flexibility index (Phi) is 16.1. The molecule has 0 bridgehead atoms. The zero-order chi connectivity index (χ0) is 28.7. The van der Waals surface area contributed by atoms with Crippen LogP contribution in [0.4, 0.5) is 32.3 Å². The van der Waals surface area contributed by atoms with Crippen LogP contribution < -0.4 is 31.9 Å². The molecule has 0 aromatic heterocycles. The third-order valence-corrected chi connectivity index (χ3v) is 5.55. The van der Waals surface area contributed by atoms with Gasteiger partial charge < -0.3 is 31.9 Å². The Bertz CT molecular complexity index is 1210. The first-order chi connectivity index (χ1) is 19.4. The number of aliphatic imine (C=N–C) groups is 2. The average Bonchev–Trinajstić information content (AvgIpc) is 2.95. The van der Waals surface area contributed by atoms with Gasteiger partial charge in [-0.2, -0.15) is 0 Å². The zero-order valence-electron chi connectivity index (χ0n) is 24.3. The van der Waals surface area contributed by atoms with Crippen molar-refractivity contribution in [2.75, 3.05) is 47.4 Å². The highest BCUT2D eigenvalue weighted by Crippen LogP contribution is 2.16. The fourth-order valence-electron chi connectivity index (χ4n) is 3.80. The van der Waals surface area contributed by atoms with Crippen LogP contribution in [0.3, 0.4) is 0 Å². The predicted molar refractivity (Wildman–Crippen MR) is 181 cm³/mol. The van der Waals surface area contributed by atoms with Gasteiger partial charge in [-0.3, -0.25) is 9.98 Å². The number of halogens is 2. The molecule has 0 unspecified atom stereocenters. The quantitative estimate of drug-likeness (QED) is 0.114. The maximum atomic E-state index is 12.5. The molecule has 0 radical (unpaired) electrons. The fourth-order valence-corrected chi connectivity index (χ4v) is 3.80. The molecule has 3 rings (SSSR count). The molecule has 0 atom stereocenters. The van der Waals surface area contributed by atoms with Crippen LogP contribution in [0.1, 0.15) is 38.8 Å². The van der Waals surface area contributed by atoms with Gasteiger partial charge in [-0.25, -0.2) is 9.59 Å². The number of amides is 4. The lowest BCUT2D eigenvalue weighted by atomic mass is 10.2. The summed E-state index contributed by atoms with van der Waals surface area (Å²) in [5, 5.41) is 17.7. The van der Waals surface area contributed by atoms with E-state index < -0.39 is 0 Å². The number of nitrogens with one attached hydrogen (secondary N) is 6. The fraction of sp³-hybridized carbons (Fsp3) is 0.267. The minimum atomic E-state index is -0.370. The van der Waals surface area contributed by atoms with Crippen molar-refractivity contribution >= 4 is 71.3 Å². The predicted octanol–water partition coefficient (Wildman–Crippen LogP) is 6.57. The molecule has 0 aliphatic heterocycles. The van der Waals surface area contributed by atoms with Crippen LogP contribution >= 0.6 is 24.8 Å². The van der Waals surface area contributed by atoms with Crippen molar-refractivity contribution in [2.24, 2.45) is 9.98 Å². The summed E-state index contributed by atoms with van der Waals surface area (Å²) >= 11 is 0. The topological polar surface area (TPSA) is 131 Å². The number of benzene rings is 3. The Morgan fingerprint density at radius 2 is 0.762 bits per heavy atom. The van der Waals surface area contributed by atoms with Gasteiger partial charge in [0.15, 0.2) is 0 Å². The second-order valence-electron chi connectivity index (χ2n) is 8.60. The van der Waals surface area contributed by atoms with Crippen LogP contribution in [-0.2, 0) is 0 Å². The van der Waals surface area contributed by atoms with Crippen LogP contribution in [0.2, 0.25) is 0 Å². The van der Waals surface area contributed by atoms with E-state index in [0.29, 0.717) is 35.8 Å². The smallest absolute Gasteiger partial charge is 0.323 e. The Hall–Kier alpha value is -4.28. The van der Waals surface area contributed by atoms with E-state index in [1.165, 1.54) is 0 Å². The van der Waals surface area contributed by atoms with Crippen molar-refractivity contribution in [1.82, 2.24) is 10.6 Å². The van der Waals surface area contributed by atoms with Crippen LogP contribution in [0, 0.1) is 0 Å². The van der Waals surface area contributed by atoms with Crippen molar-refractivity contribution < 1.29 is 9.59 Å². The minimum absolute atomic E-state index is 0. The number of hydrogen-bond donors (Lipinski definition) is 6. The minimum Gasteiger partial charge on any atom is -0.370 e. The Morgan fingerprint density at radius 1 is 0.500 bits per heavy atom. The second kappa shape index (κ2) is 19.0. The number of amidine groups is 2. The van der Waals surface area contributed by atoms with E-state index in [0.717, 1.165) is 35.9 Å². The van der Waals surface area contributed by atoms with Gasteiger partial charge in [-0.15, -0.1) is 24.8 Å². The number of hydrogen-bond acceptors (Lipinski definition) is 4. The summed E-state index contributed by atoms with van der Waals surface area (Å²) in [6.07, 6.45) is 0. The highest BCUT2D eigenvalue weighted by atomic mass is 35.5. The summed E-state index contributed by atoms with van der Waals surface area (Å²) in [7, 11) is 0. The lowest BCUT2D eigenvalue weighted by Crippen LogP contribution is -2.24. The first-order valence-electron chi connectivity index (χ1n) is 13.5. The molecule has 4 amide bonds. The molecule has 6 N–H and O–H groups in total. The lowest BCUT2D eigenvalue weighted by molar-refractivity contribution is 0.261. The second-order valence-corrected chi connectivity index (χ2v) is 8.60. The van der Waals surface area contributed by atoms with Gasteiger partial charge in [-0.05, 0) is 100 Å². The van der Waals surface area contributed by atoms with E-state index in [2.05, 4.69) is 41.9 Å². The monoisotopic (exact) mass is 614 g/mol. The molecular formula is C30H40Cl2N8O2. The van der Waals surface area contributed by atoms with E-state index in [1.54, 1.807) is 24.3 Å². The molecule has 42 heavy (non-hydrogen) atoms. The first-order valence-corrected chi connectivity index (χ1v) is 13.5. The summed E-state index contributed by atoms with van der Waals surface area (Å²) in [4.78, 5) is 33.9. The first kappa shape index (κ1) is 35.7. The summed E-state index contributed by atoms with van der Waals surface area (Å²) in [6.45, 7) is 10.9. The van der Waals surface area contributed by atoms with Crippen LogP contribution in [-0.4, -0.2) is 49.9 Å². The van der Waals surface area contributed by atoms with Crippen LogP contribution in [0.25, 0.3) is 0 Å². The largest absolute Gasteiger partial charge is 0.370 e. The van der Waals surface area contributed by atoms with Crippen molar-refractivity contribution in [3.05, 3.63) is 83.9 Å². The van der Waals surface area contributed by atoms with Crippen LogP contribution in [0.15, 0.2) is 82.8 Å². The number of anilines is 4. The zero-order valence-corrected chi connectivity index (χ0v) is 25.9. The van der Waals surface area contributed by atoms with Gasteiger partial charge in [0.05, 0.1) is 0 Å². The molecular weight excluding hydrogens is 575 g/mol. The third kappa shape index (κ3) is 11.3. The highest BCUT2D eigenvalue weighted by Gasteiger charge is 2.08. The Balaban J connectivity index is 0.00000441. The number of urea groups is 2. The van der Waals surface area contributed by atoms with Gasteiger partial charge in [0.25, 0.3) is 0 Å². The molecule has 0 fully saturated rings. The highest BCUT2D eigenvalue weighted by molar-refractivity contribution is 6.03. The number of carbonyl (C=O) groups excluding carboxylic acids is 2. The van der Waals surface area contributed by atoms with Crippen molar-refractivity contribution in [3.8, 4) is 0 Å². The van der Waals surface area contributed by atoms with Gasteiger partial charge in [0, 0.05) is 60.1 Å². The van der Waals surface area contributed by atoms with E-state index >= 15 is 0 Å². The Labute approximate surface area is 260 Å². The number of carbonyl (C=O) groups is 2. The lowest BCUT2D eigenvalue weighted by Gasteiger charge is -2.12. The molecule has 226 valence electrons. The summed E-state index contributed by atoms with van der Waals surface area (Å²) < 4.78 is 0.